The largest absolute Gasteiger partial charge is 0.300 e. The standard InChI is InChI=1S/C18H25N.ClH/c1-2-7-16(8-3-1)9-5-12-18-13-6-14-19(18)15-17-10-4-11-17;/h1-3,5,7-9,17-18H,4,6,10-15H2;1H. The van der Waals surface area contributed by atoms with Crippen LogP contribution in [0.3, 0.4) is 0 Å². The SMILES string of the molecule is C(=Cc1ccccc1)CC1CCCN1CC1CCC1.Cl. The Bertz CT molecular complexity index is 411. The molecule has 2 heteroatoms. The number of likely N-dealkylation sites (tertiary alicyclic amines) is 1. The lowest BCUT2D eigenvalue weighted by Gasteiger charge is -2.33. The molecule has 1 heterocycles. The molecule has 0 aromatic heterocycles. The molecule has 1 saturated carbocycles. The highest BCUT2D eigenvalue weighted by atomic mass is 35.5. The first kappa shape index (κ1) is 15.6. The zero-order valence-corrected chi connectivity index (χ0v) is 13.0. The molecular weight excluding hydrogens is 266 g/mol. The highest BCUT2D eigenvalue weighted by molar-refractivity contribution is 5.85. The van der Waals surface area contributed by atoms with E-state index in [1.165, 1.54) is 57.2 Å². The molecule has 1 aliphatic carbocycles. The van der Waals surface area contributed by atoms with Gasteiger partial charge in [0.05, 0.1) is 0 Å². The molecule has 1 saturated heterocycles. The maximum Gasteiger partial charge on any atom is 0.0130 e. The zero-order chi connectivity index (χ0) is 12.9. The quantitative estimate of drug-likeness (QED) is 0.755. The number of hydrogen-bond acceptors (Lipinski definition) is 1. The second-order valence-corrected chi connectivity index (χ2v) is 6.14. The van der Waals surface area contributed by atoms with Crippen molar-refractivity contribution < 1.29 is 0 Å². The van der Waals surface area contributed by atoms with E-state index in [9.17, 15) is 0 Å². The van der Waals surface area contributed by atoms with Crippen molar-refractivity contribution >= 4 is 18.5 Å². The van der Waals surface area contributed by atoms with Crippen molar-refractivity contribution in [2.45, 2.75) is 44.6 Å². The summed E-state index contributed by atoms with van der Waals surface area (Å²) in [6.07, 6.45) is 13.1. The Morgan fingerprint density at radius 3 is 2.55 bits per heavy atom. The van der Waals surface area contributed by atoms with Crippen LogP contribution in [-0.2, 0) is 0 Å². The molecule has 1 unspecified atom stereocenters. The summed E-state index contributed by atoms with van der Waals surface area (Å²) in [6, 6.07) is 11.5. The molecule has 0 bridgehead atoms. The number of benzene rings is 1. The molecule has 1 atom stereocenters. The van der Waals surface area contributed by atoms with Gasteiger partial charge < -0.3 is 0 Å². The summed E-state index contributed by atoms with van der Waals surface area (Å²) in [5.41, 5.74) is 1.33. The normalized spacial score (nSPS) is 23.7. The van der Waals surface area contributed by atoms with Crippen LogP contribution in [0, 0.1) is 5.92 Å². The average Bonchev–Trinajstić information content (AvgIpc) is 2.83. The zero-order valence-electron chi connectivity index (χ0n) is 12.2. The van der Waals surface area contributed by atoms with Crippen LogP contribution in [-0.4, -0.2) is 24.0 Å². The summed E-state index contributed by atoms with van der Waals surface area (Å²) >= 11 is 0. The molecule has 0 N–H and O–H groups in total. The molecule has 0 radical (unpaired) electrons. The minimum Gasteiger partial charge on any atom is -0.300 e. The maximum absolute atomic E-state index is 2.75. The molecule has 2 aliphatic rings. The fourth-order valence-corrected chi connectivity index (χ4v) is 3.33. The molecule has 1 aromatic rings. The lowest BCUT2D eigenvalue weighted by atomic mass is 9.85. The minimum atomic E-state index is 0. The van der Waals surface area contributed by atoms with E-state index in [1.54, 1.807) is 0 Å². The third kappa shape index (κ3) is 4.10. The average molecular weight is 292 g/mol. The molecule has 2 fully saturated rings. The van der Waals surface area contributed by atoms with Crippen molar-refractivity contribution in [3.8, 4) is 0 Å². The van der Waals surface area contributed by atoms with Gasteiger partial charge >= 0.3 is 0 Å². The second kappa shape index (κ2) is 7.85. The van der Waals surface area contributed by atoms with Gasteiger partial charge in [0.1, 0.15) is 0 Å². The summed E-state index contributed by atoms with van der Waals surface area (Å²) in [5, 5.41) is 0. The van der Waals surface area contributed by atoms with E-state index >= 15 is 0 Å². The second-order valence-electron chi connectivity index (χ2n) is 6.14. The summed E-state index contributed by atoms with van der Waals surface area (Å²) in [5.74, 6) is 1.01. The van der Waals surface area contributed by atoms with Gasteiger partial charge in [-0.3, -0.25) is 4.90 Å². The van der Waals surface area contributed by atoms with E-state index in [1.807, 2.05) is 0 Å². The first-order chi connectivity index (χ1) is 9.42. The van der Waals surface area contributed by atoms with Gasteiger partial charge in [0.2, 0.25) is 0 Å². The molecule has 1 nitrogen and oxygen atoms in total. The van der Waals surface area contributed by atoms with E-state index in [2.05, 4.69) is 47.4 Å². The maximum atomic E-state index is 2.75. The highest BCUT2D eigenvalue weighted by Gasteiger charge is 2.27. The van der Waals surface area contributed by atoms with Crippen molar-refractivity contribution in [1.82, 2.24) is 4.90 Å². The number of nitrogens with zero attached hydrogens (tertiary/aromatic N) is 1. The fourth-order valence-electron chi connectivity index (χ4n) is 3.33. The van der Waals surface area contributed by atoms with Crippen molar-refractivity contribution in [1.29, 1.82) is 0 Å². The van der Waals surface area contributed by atoms with E-state index in [0.717, 1.165) is 12.0 Å². The van der Waals surface area contributed by atoms with Crippen molar-refractivity contribution in [2.24, 2.45) is 5.92 Å². The van der Waals surface area contributed by atoms with Gasteiger partial charge in [-0.25, -0.2) is 0 Å². The monoisotopic (exact) mass is 291 g/mol. The van der Waals surface area contributed by atoms with Crippen LogP contribution in [0.15, 0.2) is 36.4 Å². The number of halogens is 1. The van der Waals surface area contributed by atoms with Crippen LogP contribution in [0.5, 0.6) is 0 Å². The van der Waals surface area contributed by atoms with Gasteiger partial charge in [-0.1, -0.05) is 48.9 Å². The van der Waals surface area contributed by atoms with Crippen LogP contribution < -0.4 is 0 Å². The van der Waals surface area contributed by atoms with Crippen LogP contribution in [0.4, 0.5) is 0 Å². The minimum absolute atomic E-state index is 0. The summed E-state index contributed by atoms with van der Waals surface area (Å²) in [4.78, 5) is 2.75. The molecule has 1 aromatic carbocycles. The van der Waals surface area contributed by atoms with Crippen molar-refractivity contribution in [3.05, 3.63) is 42.0 Å². The van der Waals surface area contributed by atoms with Gasteiger partial charge in [-0.05, 0) is 50.1 Å². The Hall–Kier alpha value is -0.790. The van der Waals surface area contributed by atoms with E-state index in [0.29, 0.717) is 0 Å². The molecule has 1 aliphatic heterocycles. The molecular formula is C18H26ClN. The third-order valence-corrected chi connectivity index (χ3v) is 4.73. The van der Waals surface area contributed by atoms with Crippen LogP contribution >= 0.6 is 12.4 Å². The molecule has 20 heavy (non-hydrogen) atoms. The Balaban J connectivity index is 0.00000147. The van der Waals surface area contributed by atoms with Gasteiger partial charge in [0, 0.05) is 12.6 Å². The predicted octanol–water partition coefficient (Wildman–Crippen LogP) is 4.78. The van der Waals surface area contributed by atoms with E-state index < -0.39 is 0 Å². The van der Waals surface area contributed by atoms with Crippen LogP contribution in [0.2, 0.25) is 0 Å². The summed E-state index contributed by atoms with van der Waals surface area (Å²) in [6.45, 7) is 2.70. The Morgan fingerprint density at radius 2 is 1.85 bits per heavy atom. The molecule has 3 rings (SSSR count). The van der Waals surface area contributed by atoms with E-state index in [-0.39, 0.29) is 12.4 Å². The molecule has 110 valence electrons. The Morgan fingerprint density at radius 1 is 1.05 bits per heavy atom. The Kier molecular flexibility index (Phi) is 6.12. The number of rotatable bonds is 5. The lowest BCUT2D eigenvalue weighted by Crippen LogP contribution is -2.35. The molecule has 0 spiro atoms. The fraction of sp³-hybridized carbons (Fsp3) is 0.556. The topological polar surface area (TPSA) is 3.24 Å². The Labute approximate surface area is 129 Å². The number of hydrogen-bond donors (Lipinski definition) is 0. The predicted molar refractivity (Wildman–Crippen MR) is 89.3 cm³/mol. The van der Waals surface area contributed by atoms with Crippen LogP contribution in [0.1, 0.15) is 44.1 Å². The van der Waals surface area contributed by atoms with Crippen molar-refractivity contribution in [2.75, 3.05) is 13.1 Å². The summed E-state index contributed by atoms with van der Waals surface area (Å²) < 4.78 is 0. The lowest BCUT2D eigenvalue weighted by molar-refractivity contribution is 0.167. The molecule has 0 amide bonds. The van der Waals surface area contributed by atoms with Crippen LogP contribution in [0.25, 0.3) is 6.08 Å². The summed E-state index contributed by atoms with van der Waals surface area (Å²) in [7, 11) is 0. The third-order valence-electron chi connectivity index (χ3n) is 4.73. The van der Waals surface area contributed by atoms with Gasteiger partial charge in [0.15, 0.2) is 0 Å². The van der Waals surface area contributed by atoms with Crippen molar-refractivity contribution in [3.63, 3.8) is 0 Å². The first-order valence-electron chi connectivity index (χ1n) is 7.87. The van der Waals surface area contributed by atoms with E-state index in [4.69, 9.17) is 0 Å². The highest BCUT2D eigenvalue weighted by Crippen LogP contribution is 2.30. The first-order valence-corrected chi connectivity index (χ1v) is 7.87. The van der Waals surface area contributed by atoms with Gasteiger partial charge in [-0.2, -0.15) is 0 Å². The van der Waals surface area contributed by atoms with Gasteiger partial charge in [-0.15, -0.1) is 12.4 Å². The van der Waals surface area contributed by atoms with Gasteiger partial charge in [0.25, 0.3) is 0 Å². The smallest absolute Gasteiger partial charge is 0.0130 e.